The summed E-state index contributed by atoms with van der Waals surface area (Å²) in [6.07, 6.45) is 0. The van der Waals surface area contributed by atoms with Crippen molar-refractivity contribution < 1.29 is 9.59 Å². The fourth-order valence-corrected chi connectivity index (χ4v) is 3.94. The number of rotatable bonds is 7. The molecule has 0 spiro atoms. The predicted octanol–water partition coefficient (Wildman–Crippen LogP) is 3.68. The third-order valence-electron chi connectivity index (χ3n) is 3.64. The van der Waals surface area contributed by atoms with E-state index < -0.39 is 0 Å². The van der Waals surface area contributed by atoms with Gasteiger partial charge in [0.05, 0.1) is 5.75 Å². The van der Waals surface area contributed by atoms with Crippen LogP contribution in [0.4, 0.5) is 16.5 Å². The summed E-state index contributed by atoms with van der Waals surface area (Å²) < 4.78 is 0.699. The Hall–Kier alpha value is -2.91. The summed E-state index contributed by atoms with van der Waals surface area (Å²) in [5, 5.41) is 17.4. The largest absolute Gasteiger partial charge is 0.355 e. The van der Waals surface area contributed by atoms with Crippen LogP contribution in [0.15, 0.2) is 52.9 Å². The number of anilines is 3. The third-order valence-corrected chi connectivity index (χ3v) is 5.61. The zero-order valence-corrected chi connectivity index (χ0v) is 17.0. The molecule has 0 unspecified atom stereocenters. The molecule has 0 saturated heterocycles. The van der Waals surface area contributed by atoms with Gasteiger partial charge >= 0.3 is 0 Å². The Labute approximate surface area is 171 Å². The van der Waals surface area contributed by atoms with Crippen LogP contribution in [0.2, 0.25) is 0 Å². The monoisotopic (exact) mass is 413 g/mol. The molecule has 9 heteroatoms. The summed E-state index contributed by atoms with van der Waals surface area (Å²) in [5.41, 5.74) is 3.16. The Morgan fingerprint density at radius 2 is 1.86 bits per heavy atom. The van der Waals surface area contributed by atoms with Gasteiger partial charge in [0.2, 0.25) is 11.0 Å². The molecular weight excluding hydrogens is 394 g/mol. The molecule has 3 N–H and O–H groups in total. The Morgan fingerprint density at radius 1 is 1.07 bits per heavy atom. The molecule has 0 atom stereocenters. The molecule has 3 rings (SSSR count). The maximum absolute atomic E-state index is 12.2. The zero-order chi connectivity index (χ0) is 19.9. The maximum atomic E-state index is 12.2. The van der Waals surface area contributed by atoms with E-state index in [1.807, 2.05) is 31.2 Å². The van der Waals surface area contributed by atoms with E-state index >= 15 is 0 Å². The summed E-state index contributed by atoms with van der Waals surface area (Å²) in [7, 11) is 1.56. The van der Waals surface area contributed by atoms with E-state index in [0.717, 1.165) is 11.3 Å². The molecule has 0 bridgehead atoms. The van der Waals surface area contributed by atoms with Crippen LogP contribution in [0.25, 0.3) is 0 Å². The first kappa shape index (κ1) is 19.8. The Morgan fingerprint density at radius 3 is 2.64 bits per heavy atom. The first-order chi connectivity index (χ1) is 13.5. The number of hydrogen-bond donors (Lipinski definition) is 3. The predicted molar refractivity (Wildman–Crippen MR) is 114 cm³/mol. The second kappa shape index (κ2) is 9.34. The van der Waals surface area contributed by atoms with Crippen LogP contribution in [-0.2, 0) is 4.79 Å². The van der Waals surface area contributed by atoms with Gasteiger partial charge in [-0.3, -0.25) is 9.59 Å². The second-order valence-electron chi connectivity index (χ2n) is 5.86. The van der Waals surface area contributed by atoms with Gasteiger partial charge in [-0.1, -0.05) is 41.3 Å². The van der Waals surface area contributed by atoms with Gasteiger partial charge < -0.3 is 16.0 Å². The van der Waals surface area contributed by atoms with Crippen LogP contribution in [0.1, 0.15) is 15.9 Å². The highest BCUT2D eigenvalue weighted by Crippen LogP contribution is 2.28. The number of thioether (sulfide) groups is 1. The number of aromatic nitrogens is 2. The number of nitrogens with one attached hydrogen (secondary N) is 3. The molecule has 0 radical (unpaired) electrons. The van der Waals surface area contributed by atoms with E-state index in [2.05, 4.69) is 26.1 Å². The first-order valence-corrected chi connectivity index (χ1v) is 10.3. The molecule has 3 aromatic rings. The summed E-state index contributed by atoms with van der Waals surface area (Å²) >= 11 is 2.70. The Bertz CT molecular complexity index is 990. The number of amides is 2. The minimum Gasteiger partial charge on any atom is -0.355 e. The van der Waals surface area contributed by atoms with E-state index in [1.165, 1.54) is 23.1 Å². The van der Waals surface area contributed by atoms with Gasteiger partial charge in [-0.15, -0.1) is 10.2 Å². The van der Waals surface area contributed by atoms with Crippen molar-refractivity contribution in [3.05, 3.63) is 59.7 Å². The number of carbonyl (C=O) groups excluding carboxylic acids is 2. The van der Waals surface area contributed by atoms with Gasteiger partial charge in [0, 0.05) is 24.0 Å². The Balaban J connectivity index is 1.52. The standard InChI is InChI=1S/C19H19N5O2S2/c1-12-5-3-7-14(9-12)22-18-23-24-19(28-18)27-11-16(25)21-15-8-4-6-13(10-15)17(26)20-2/h3-10H,11H2,1-2H3,(H,20,26)(H,21,25)(H,22,23). The number of hydrogen-bond acceptors (Lipinski definition) is 7. The lowest BCUT2D eigenvalue weighted by Gasteiger charge is -2.06. The van der Waals surface area contributed by atoms with Crippen LogP contribution < -0.4 is 16.0 Å². The van der Waals surface area contributed by atoms with Crippen LogP contribution >= 0.6 is 23.1 Å². The van der Waals surface area contributed by atoms with E-state index in [1.54, 1.807) is 31.3 Å². The molecule has 0 aliphatic carbocycles. The average Bonchev–Trinajstić information content (AvgIpc) is 3.13. The van der Waals surface area contributed by atoms with Gasteiger partial charge in [-0.2, -0.15) is 0 Å². The zero-order valence-electron chi connectivity index (χ0n) is 15.4. The van der Waals surface area contributed by atoms with Gasteiger partial charge in [-0.05, 0) is 42.8 Å². The van der Waals surface area contributed by atoms with Gasteiger partial charge in [0.15, 0.2) is 4.34 Å². The van der Waals surface area contributed by atoms with Crippen molar-refractivity contribution >= 4 is 51.4 Å². The van der Waals surface area contributed by atoms with Crippen molar-refractivity contribution in [1.29, 1.82) is 0 Å². The number of nitrogens with zero attached hydrogens (tertiary/aromatic N) is 2. The summed E-state index contributed by atoms with van der Waals surface area (Å²) in [5.74, 6) is -0.182. The van der Waals surface area contributed by atoms with Crippen molar-refractivity contribution in [3.8, 4) is 0 Å². The molecule has 0 aliphatic rings. The van der Waals surface area contributed by atoms with Crippen molar-refractivity contribution in [3.63, 3.8) is 0 Å². The smallest absolute Gasteiger partial charge is 0.251 e. The van der Waals surface area contributed by atoms with Gasteiger partial charge in [-0.25, -0.2) is 0 Å². The topological polar surface area (TPSA) is 96.0 Å². The third kappa shape index (κ3) is 5.54. The molecule has 1 heterocycles. The fourth-order valence-electron chi connectivity index (χ4n) is 2.37. The number of aryl methyl sites for hydroxylation is 1. The maximum Gasteiger partial charge on any atom is 0.251 e. The summed E-state index contributed by atoms with van der Waals surface area (Å²) in [6.45, 7) is 2.02. The first-order valence-electron chi connectivity index (χ1n) is 8.45. The van der Waals surface area contributed by atoms with Crippen LogP contribution in [0.5, 0.6) is 0 Å². The molecule has 0 saturated carbocycles. The molecule has 7 nitrogen and oxygen atoms in total. The lowest BCUT2D eigenvalue weighted by Crippen LogP contribution is -2.18. The molecular formula is C19H19N5O2S2. The molecule has 144 valence electrons. The van der Waals surface area contributed by atoms with Crippen molar-refractivity contribution in [2.45, 2.75) is 11.3 Å². The SMILES string of the molecule is CNC(=O)c1cccc(NC(=O)CSc2nnc(Nc3cccc(C)c3)s2)c1. The van der Waals surface area contributed by atoms with Crippen LogP contribution in [-0.4, -0.2) is 34.8 Å². The van der Waals surface area contributed by atoms with Crippen molar-refractivity contribution in [2.75, 3.05) is 23.4 Å². The molecule has 28 heavy (non-hydrogen) atoms. The molecule has 1 aromatic heterocycles. The van der Waals surface area contributed by atoms with Crippen molar-refractivity contribution in [2.24, 2.45) is 0 Å². The molecule has 0 aliphatic heterocycles. The van der Waals surface area contributed by atoms with E-state index in [4.69, 9.17) is 0 Å². The fraction of sp³-hybridized carbons (Fsp3) is 0.158. The highest BCUT2D eigenvalue weighted by atomic mass is 32.2. The summed E-state index contributed by atoms with van der Waals surface area (Å²) in [6, 6.07) is 14.8. The lowest BCUT2D eigenvalue weighted by molar-refractivity contribution is -0.113. The quantitative estimate of drug-likeness (QED) is 0.512. The van der Waals surface area contributed by atoms with E-state index in [-0.39, 0.29) is 17.6 Å². The highest BCUT2D eigenvalue weighted by Gasteiger charge is 2.10. The summed E-state index contributed by atoms with van der Waals surface area (Å²) in [4.78, 5) is 23.8. The molecule has 2 amide bonds. The lowest BCUT2D eigenvalue weighted by atomic mass is 10.2. The Kier molecular flexibility index (Phi) is 6.62. The normalized spacial score (nSPS) is 10.4. The van der Waals surface area contributed by atoms with Crippen molar-refractivity contribution in [1.82, 2.24) is 15.5 Å². The number of benzene rings is 2. The van der Waals surface area contributed by atoms with E-state index in [0.29, 0.717) is 20.7 Å². The molecule has 0 fully saturated rings. The minimum atomic E-state index is -0.201. The van der Waals surface area contributed by atoms with Crippen LogP contribution in [0.3, 0.4) is 0 Å². The van der Waals surface area contributed by atoms with E-state index in [9.17, 15) is 9.59 Å². The average molecular weight is 414 g/mol. The van der Waals surface area contributed by atoms with Gasteiger partial charge in [0.1, 0.15) is 0 Å². The van der Waals surface area contributed by atoms with Gasteiger partial charge in [0.25, 0.3) is 5.91 Å². The van der Waals surface area contributed by atoms with Crippen LogP contribution in [0, 0.1) is 6.92 Å². The minimum absolute atomic E-state index is 0.178. The number of carbonyl (C=O) groups is 2. The highest BCUT2D eigenvalue weighted by molar-refractivity contribution is 8.01. The molecule has 2 aromatic carbocycles. The second-order valence-corrected chi connectivity index (χ2v) is 8.06.